The fraction of sp³-hybridized carbons (Fsp3) is 0.474. The fourth-order valence-electron chi connectivity index (χ4n) is 3.22. The number of aromatic nitrogens is 1. The van der Waals surface area contributed by atoms with E-state index in [2.05, 4.69) is 21.4 Å². The summed E-state index contributed by atoms with van der Waals surface area (Å²) in [4.78, 5) is 14.4. The third-order valence-corrected chi connectivity index (χ3v) is 4.93. The standard InChI is InChI=1S/C19H24ClN3O2/c1-2-9-21-19(24)18-11-17(22-25-18)15-7-5-10-23(13-15)12-14-6-3-4-8-16(14)20/h3-4,6,8,11,15H,2,5,7,9-10,12-13H2,1H3,(H,21,24). The fourth-order valence-corrected chi connectivity index (χ4v) is 3.42. The van der Waals surface area contributed by atoms with Crippen molar-refractivity contribution in [3.8, 4) is 0 Å². The van der Waals surface area contributed by atoms with Gasteiger partial charge in [-0.15, -0.1) is 0 Å². The number of amides is 1. The average molecular weight is 362 g/mol. The molecule has 1 N–H and O–H groups in total. The topological polar surface area (TPSA) is 58.4 Å². The van der Waals surface area contributed by atoms with Gasteiger partial charge in [-0.25, -0.2) is 0 Å². The molecular weight excluding hydrogens is 338 g/mol. The van der Waals surface area contributed by atoms with Crippen LogP contribution in [0.2, 0.25) is 5.02 Å². The Labute approximate surface area is 153 Å². The predicted molar refractivity (Wildman–Crippen MR) is 97.8 cm³/mol. The molecule has 1 fully saturated rings. The molecule has 134 valence electrons. The van der Waals surface area contributed by atoms with E-state index in [9.17, 15) is 4.79 Å². The largest absolute Gasteiger partial charge is 0.351 e. The van der Waals surface area contributed by atoms with E-state index in [0.717, 1.165) is 55.2 Å². The highest BCUT2D eigenvalue weighted by atomic mass is 35.5. The summed E-state index contributed by atoms with van der Waals surface area (Å²) in [6, 6.07) is 9.75. The summed E-state index contributed by atoms with van der Waals surface area (Å²) < 4.78 is 5.25. The van der Waals surface area contributed by atoms with Crippen LogP contribution in [-0.4, -0.2) is 35.6 Å². The van der Waals surface area contributed by atoms with Crippen LogP contribution in [0.4, 0.5) is 0 Å². The van der Waals surface area contributed by atoms with Gasteiger partial charge in [0.05, 0.1) is 5.69 Å². The number of carbonyl (C=O) groups is 1. The molecule has 0 radical (unpaired) electrons. The molecule has 2 aromatic rings. The average Bonchev–Trinajstić information content (AvgIpc) is 3.12. The monoisotopic (exact) mass is 361 g/mol. The first-order valence-electron chi connectivity index (χ1n) is 8.88. The molecule has 1 aliphatic rings. The Balaban J connectivity index is 1.62. The van der Waals surface area contributed by atoms with Gasteiger partial charge in [-0.2, -0.15) is 0 Å². The van der Waals surface area contributed by atoms with Crippen molar-refractivity contribution in [2.75, 3.05) is 19.6 Å². The van der Waals surface area contributed by atoms with E-state index in [1.54, 1.807) is 6.07 Å². The maximum Gasteiger partial charge on any atom is 0.289 e. The van der Waals surface area contributed by atoms with Crippen molar-refractivity contribution in [3.63, 3.8) is 0 Å². The Bertz CT molecular complexity index is 716. The summed E-state index contributed by atoms with van der Waals surface area (Å²) in [5.74, 6) is 0.392. The number of rotatable bonds is 6. The lowest BCUT2D eigenvalue weighted by Gasteiger charge is -2.31. The van der Waals surface area contributed by atoms with E-state index in [-0.39, 0.29) is 11.8 Å². The summed E-state index contributed by atoms with van der Waals surface area (Å²) in [6.45, 7) is 5.43. The van der Waals surface area contributed by atoms with Crippen molar-refractivity contribution in [3.05, 3.63) is 52.4 Å². The smallest absolute Gasteiger partial charge is 0.289 e. The van der Waals surface area contributed by atoms with Gasteiger partial charge in [-0.3, -0.25) is 9.69 Å². The summed E-state index contributed by atoms with van der Waals surface area (Å²) in [7, 11) is 0. The Kier molecular flexibility index (Phi) is 6.10. The minimum atomic E-state index is -0.190. The number of nitrogens with zero attached hydrogens (tertiary/aromatic N) is 2. The van der Waals surface area contributed by atoms with Crippen LogP contribution in [0.5, 0.6) is 0 Å². The number of likely N-dealkylation sites (tertiary alicyclic amines) is 1. The molecule has 0 bridgehead atoms. The van der Waals surface area contributed by atoms with Crippen LogP contribution in [0.15, 0.2) is 34.9 Å². The Morgan fingerprint density at radius 1 is 1.44 bits per heavy atom. The zero-order valence-corrected chi connectivity index (χ0v) is 15.3. The Hall–Kier alpha value is -1.85. The van der Waals surface area contributed by atoms with E-state index in [0.29, 0.717) is 12.3 Å². The quantitative estimate of drug-likeness (QED) is 0.849. The molecule has 5 nitrogen and oxygen atoms in total. The highest BCUT2D eigenvalue weighted by molar-refractivity contribution is 6.31. The zero-order chi connectivity index (χ0) is 17.6. The second-order valence-corrected chi connectivity index (χ2v) is 6.94. The molecule has 3 rings (SSSR count). The molecule has 6 heteroatoms. The number of halogens is 1. The van der Waals surface area contributed by atoms with Crippen molar-refractivity contribution in [2.45, 2.75) is 38.6 Å². The molecule has 0 saturated carbocycles. The predicted octanol–water partition coefficient (Wildman–Crippen LogP) is 3.85. The van der Waals surface area contributed by atoms with Crippen molar-refractivity contribution in [2.24, 2.45) is 0 Å². The van der Waals surface area contributed by atoms with Gasteiger partial charge < -0.3 is 9.84 Å². The van der Waals surface area contributed by atoms with Crippen LogP contribution in [0.1, 0.15) is 53.9 Å². The van der Waals surface area contributed by atoms with Crippen molar-refractivity contribution in [1.82, 2.24) is 15.4 Å². The molecule has 1 aromatic carbocycles. The third kappa shape index (κ3) is 4.61. The molecule has 1 aromatic heterocycles. The number of benzene rings is 1. The van der Waals surface area contributed by atoms with Crippen LogP contribution in [-0.2, 0) is 6.54 Å². The highest BCUT2D eigenvalue weighted by Crippen LogP contribution is 2.28. The highest BCUT2D eigenvalue weighted by Gasteiger charge is 2.25. The summed E-state index contributed by atoms with van der Waals surface area (Å²) in [5, 5.41) is 7.76. The third-order valence-electron chi connectivity index (χ3n) is 4.56. The Morgan fingerprint density at radius 2 is 2.28 bits per heavy atom. The van der Waals surface area contributed by atoms with Gasteiger partial charge in [-0.05, 0) is 37.4 Å². The lowest BCUT2D eigenvalue weighted by Crippen LogP contribution is -2.34. The van der Waals surface area contributed by atoms with Crippen LogP contribution in [0.3, 0.4) is 0 Å². The van der Waals surface area contributed by atoms with Crippen LogP contribution >= 0.6 is 11.6 Å². The van der Waals surface area contributed by atoms with Crippen molar-refractivity contribution < 1.29 is 9.32 Å². The number of hydrogen-bond donors (Lipinski definition) is 1. The van der Waals surface area contributed by atoms with Gasteiger partial charge in [0, 0.05) is 36.6 Å². The van der Waals surface area contributed by atoms with Crippen LogP contribution in [0, 0.1) is 0 Å². The summed E-state index contributed by atoms with van der Waals surface area (Å²) in [6.07, 6.45) is 3.05. The molecule has 1 unspecified atom stereocenters. The molecule has 1 saturated heterocycles. The lowest BCUT2D eigenvalue weighted by molar-refractivity contribution is 0.0916. The molecule has 1 aliphatic heterocycles. The second kappa shape index (κ2) is 8.50. The molecule has 0 spiro atoms. The molecule has 1 amide bonds. The molecule has 1 atom stereocenters. The maximum atomic E-state index is 12.0. The van der Waals surface area contributed by atoms with E-state index in [1.807, 2.05) is 25.1 Å². The molecule has 2 heterocycles. The van der Waals surface area contributed by atoms with Gasteiger partial charge in [-0.1, -0.05) is 41.9 Å². The maximum absolute atomic E-state index is 12.0. The first-order valence-corrected chi connectivity index (χ1v) is 9.25. The second-order valence-electron chi connectivity index (χ2n) is 6.54. The van der Waals surface area contributed by atoms with Crippen molar-refractivity contribution in [1.29, 1.82) is 0 Å². The van der Waals surface area contributed by atoms with E-state index in [4.69, 9.17) is 16.1 Å². The number of piperidine rings is 1. The molecule has 25 heavy (non-hydrogen) atoms. The van der Waals surface area contributed by atoms with E-state index >= 15 is 0 Å². The van der Waals surface area contributed by atoms with Gasteiger partial charge in [0.15, 0.2) is 0 Å². The Morgan fingerprint density at radius 3 is 3.08 bits per heavy atom. The normalized spacial score (nSPS) is 18.2. The number of nitrogens with one attached hydrogen (secondary N) is 1. The molecular formula is C19H24ClN3O2. The SMILES string of the molecule is CCCNC(=O)c1cc(C2CCCN(Cc3ccccc3Cl)C2)no1. The number of hydrogen-bond acceptors (Lipinski definition) is 4. The first-order chi connectivity index (χ1) is 12.2. The first kappa shape index (κ1) is 18.0. The van der Waals surface area contributed by atoms with Gasteiger partial charge in [0.25, 0.3) is 5.91 Å². The number of carbonyl (C=O) groups excluding carboxylic acids is 1. The van der Waals surface area contributed by atoms with Crippen LogP contribution < -0.4 is 5.32 Å². The van der Waals surface area contributed by atoms with Crippen LogP contribution in [0.25, 0.3) is 0 Å². The van der Waals surface area contributed by atoms with E-state index < -0.39 is 0 Å². The summed E-state index contributed by atoms with van der Waals surface area (Å²) >= 11 is 6.28. The summed E-state index contributed by atoms with van der Waals surface area (Å²) in [5.41, 5.74) is 2.01. The minimum Gasteiger partial charge on any atom is -0.351 e. The van der Waals surface area contributed by atoms with Crippen molar-refractivity contribution >= 4 is 17.5 Å². The van der Waals surface area contributed by atoms with Gasteiger partial charge in [0.2, 0.25) is 5.76 Å². The zero-order valence-electron chi connectivity index (χ0n) is 14.5. The minimum absolute atomic E-state index is 0.190. The van der Waals surface area contributed by atoms with Gasteiger partial charge in [0.1, 0.15) is 0 Å². The lowest BCUT2D eigenvalue weighted by atomic mass is 9.94. The van der Waals surface area contributed by atoms with E-state index in [1.165, 1.54) is 0 Å². The molecule has 0 aliphatic carbocycles. The van der Waals surface area contributed by atoms with Gasteiger partial charge >= 0.3 is 0 Å².